The van der Waals surface area contributed by atoms with Crippen molar-refractivity contribution in [2.75, 3.05) is 38.0 Å². The number of nitrogens with zero attached hydrogens (tertiary/aromatic N) is 2. The average Bonchev–Trinajstić information content (AvgIpc) is 2.78. The number of ether oxygens (including phenoxy) is 1. The number of carbonyl (C=O) groups is 2. The van der Waals surface area contributed by atoms with Crippen molar-refractivity contribution >= 4 is 39.1 Å². The lowest BCUT2D eigenvalue weighted by molar-refractivity contribution is -0.133. The highest BCUT2D eigenvalue weighted by Gasteiger charge is 2.27. The number of hydrogen-bond donors (Lipinski definition) is 1. The van der Waals surface area contributed by atoms with Crippen molar-refractivity contribution in [1.82, 2.24) is 9.80 Å². The van der Waals surface area contributed by atoms with Gasteiger partial charge in [-0.05, 0) is 48.4 Å². The monoisotopic (exact) mass is 493 g/mol. The Balaban J connectivity index is 1.72. The van der Waals surface area contributed by atoms with Gasteiger partial charge in [0, 0.05) is 43.9 Å². The van der Waals surface area contributed by atoms with Crippen molar-refractivity contribution in [1.29, 1.82) is 0 Å². The van der Waals surface area contributed by atoms with E-state index in [1.54, 1.807) is 34.1 Å². The summed E-state index contributed by atoms with van der Waals surface area (Å²) < 4.78 is 33.4. The maximum absolute atomic E-state index is 13.0. The molecule has 10 heteroatoms. The van der Waals surface area contributed by atoms with Crippen LogP contribution in [0.15, 0.2) is 47.4 Å². The number of carbonyl (C=O) groups excluding carboxylic acids is 2. The quantitative estimate of drug-likeness (QED) is 0.637. The third-order valence-corrected chi connectivity index (χ3v) is 7.18. The Morgan fingerprint density at radius 3 is 2.21 bits per heavy atom. The van der Waals surface area contributed by atoms with E-state index in [2.05, 4.69) is 4.72 Å². The predicted molar refractivity (Wildman–Crippen MR) is 127 cm³/mol. The number of nitrogens with one attached hydrogen (secondary N) is 1. The topological polar surface area (TPSA) is 96.0 Å². The molecular weight excluding hydrogens is 466 g/mol. The van der Waals surface area contributed by atoms with Gasteiger partial charge in [-0.2, -0.15) is 0 Å². The molecule has 0 spiro atoms. The first-order valence-corrected chi connectivity index (χ1v) is 12.5. The SMILES string of the molecule is COc1ccc(NS(=O)(=O)c2cc(C(=O)N3CCN(C(=O)CC(C)C)CC3)ccc2Cl)cc1. The molecule has 2 aromatic rings. The number of anilines is 1. The minimum atomic E-state index is -4.03. The van der Waals surface area contributed by atoms with Crippen molar-refractivity contribution in [3.63, 3.8) is 0 Å². The number of halogens is 1. The maximum Gasteiger partial charge on any atom is 0.263 e. The standard InChI is InChI=1S/C23H28ClN3O5S/c1-16(2)14-22(28)26-10-12-27(13-11-26)23(29)17-4-9-20(24)21(15-17)33(30,31)25-18-5-7-19(32-3)8-6-18/h4-9,15-16,25H,10-14H2,1-3H3. The molecule has 1 aliphatic heterocycles. The summed E-state index contributed by atoms with van der Waals surface area (Å²) in [6, 6.07) is 10.6. The number of rotatable bonds is 7. The van der Waals surface area contributed by atoms with Crippen LogP contribution in [0.1, 0.15) is 30.6 Å². The van der Waals surface area contributed by atoms with E-state index < -0.39 is 10.0 Å². The fraction of sp³-hybridized carbons (Fsp3) is 0.391. The summed E-state index contributed by atoms with van der Waals surface area (Å²) >= 11 is 6.17. The number of piperazine rings is 1. The number of sulfonamides is 1. The molecule has 0 aromatic heterocycles. The molecular formula is C23H28ClN3O5S. The van der Waals surface area contributed by atoms with E-state index in [1.807, 2.05) is 13.8 Å². The molecule has 2 amide bonds. The van der Waals surface area contributed by atoms with Crippen LogP contribution in [-0.2, 0) is 14.8 Å². The van der Waals surface area contributed by atoms with Crippen molar-refractivity contribution in [2.24, 2.45) is 5.92 Å². The van der Waals surface area contributed by atoms with Gasteiger partial charge in [0.2, 0.25) is 5.91 Å². The minimum absolute atomic E-state index is 0.0108. The third-order valence-electron chi connectivity index (χ3n) is 5.31. The van der Waals surface area contributed by atoms with Crippen LogP contribution in [0, 0.1) is 5.92 Å². The van der Waals surface area contributed by atoms with Crippen LogP contribution in [0.2, 0.25) is 5.02 Å². The molecule has 1 heterocycles. The normalized spacial score (nSPS) is 14.3. The second kappa shape index (κ2) is 10.4. The van der Waals surface area contributed by atoms with Crippen molar-refractivity contribution in [3.05, 3.63) is 53.1 Å². The van der Waals surface area contributed by atoms with Gasteiger partial charge >= 0.3 is 0 Å². The second-order valence-electron chi connectivity index (χ2n) is 8.25. The van der Waals surface area contributed by atoms with Gasteiger partial charge in [-0.25, -0.2) is 8.42 Å². The van der Waals surface area contributed by atoms with Gasteiger partial charge in [-0.3, -0.25) is 14.3 Å². The van der Waals surface area contributed by atoms with E-state index in [0.29, 0.717) is 44.0 Å². The molecule has 1 N–H and O–H groups in total. The van der Waals surface area contributed by atoms with Crippen LogP contribution in [0.25, 0.3) is 0 Å². The van der Waals surface area contributed by atoms with Gasteiger partial charge in [0.05, 0.1) is 12.1 Å². The largest absolute Gasteiger partial charge is 0.497 e. The first-order chi connectivity index (χ1) is 15.6. The number of benzene rings is 2. The van der Waals surface area contributed by atoms with E-state index in [9.17, 15) is 18.0 Å². The lowest BCUT2D eigenvalue weighted by Gasteiger charge is -2.35. The molecule has 0 saturated carbocycles. The Kier molecular flexibility index (Phi) is 7.86. The molecule has 2 aromatic carbocycles. The summed E-state index contributed by atoms with van der Waals surface area (Å²) in [4.78, 5) is 28.5. The Labute approximate surface area is 199 Å². The molecule has 33 heavy (non-hydrogen) atoms. The first kappa shape index (κ1) is 24.9. The molecule has 3 rings (SSSR count). The van der Waals surface area contributed by atoms with Gasteiger partial charge in [-0.1, -0.05) is 25.4 Å². The zero-order valence-corrected chi connectivity index (χ0v) is 20.4. The van der Waals surface area contributed by atoms with Gasteiger partial charge in [-0.15, -0.1) is 0 Å². The smallest absolute Gasteiger partial charge is 0.263 e. The molecule has 8 nitrogen and oxygen atoms in total. The highest BCUT2D eigenvalue weighted by Crippen LogP contribution is 2.26. The predicted octanol–water partition coefficient (Wildman–Crippen LogP) is 3.48. The highest BCUT2D eigenvalue weighted by molar-refractivity contribution is 7.92. The Hall–Kier alpha value is -2.78. The number of hydrogen-bond acceptors (Lipinski definition) is 5. The molecule has 0 bridgehead atoms. The molecule has 0 unspecified atom stereocenters. The Morgan fingerprint density at radius 1 is 1.03 bits per heavy atom. The van der Waals surface area contributed by atoms with Gasteiger partial charge < -0.3 is 14.5 Å². The molecule has 178 valence electrons. The van der Waals surface area contributed by atoms with Crippen LogP contribution in [0.4, 0.5) is 5.69 Å². The van der Waals surface area contributed by atoms with Crippen molar-refractivity contribution < 1.29 is 22.7 Å². The summed E-state index contributed by atoms with van der Waals surface area (Å²) in [5.74, 6) is 0.651. The van der Waals surface area contributed by atoms with E-state index in [1.165, 1.54) is 25.3 Å². The van der Waals surface area contributed by atoms with Crippen LogP contribution in [0.3, 0.4) is 0 Å². The summed E-state index contributed by atoms with van der Waals surface area (Å²) in [6.45, 7) is 5.67. The second-order valence-corrected chi connectivity index (χ2v) is 10.3. The zero-order valence-electron chi connectivity index (χ0n) is 18.9. The molecule has 0 aliphatic carbocycles. The Morgan fingerprint density at radius 2 is 1.64 bits per heavy atom. The molecule has 1 aliphatic rings. The lowest BCUT2D eigenvalue weighted by atomic mass is 10.1. The molecule has 0 radical (unpaired) electrons. The summed E-state index contributed by atoms with van der Waals surface area (Å²) in [7, 11) is -2.51. The number of amides is 2. The Bertz CT molecular complexity index is 1110. The fourth-order valence-electron chi connectivity index (χ4n) is 3.53. The van der Waals surface area contributed by atoms with Crippen molar-refractivity contribution in [3.8, 4) is 5.75 Å². The molecule has 0 atom stereocenters. The van der Waals surface area contributed by atoms with Gasteiger partial charge in [0.25, 0.3) is 15.9 Å². The maximum atomic E-state index is 13.0. The van der Waals surface area contributed by atoms with Crippen LogP contribution in [-0.4, -0.2) is 63.3 Å². The highest BCUT2D eigenvalue weighted by atomic mass is 35.5. The van der Waals surface area contributed by atoms with E-state index >= 15 is 0 Å². The summed E-state index contributed by atoms with van der Waals surface area (Å²) in [5, 5.41) is 0.0108. The third kappa shape index (κ3) is 6.17. The summed E-state index contributed by atoms with van der Waals surface area (Å²) in [6.07, 6.45) is 0.480. The van der Waals surface area contributed by atoms with Gasteiger partial charge in [0.15, 0.2) is 0 Å². The summed E-state index contributed by atoms with van der Waals surface area (Å²) in [5.41, 5.74) is 0.558. The average molecular weight is 494 g/mol. The van der Waals surface area contributed by atoms with E-state index in [-0.39, 0.29) is 33.2 Å². The van der Waals surface area contributed by atoms with E-state index in [0.717, 1.165) is 0 Å². The van der Waals surface area contributed by atoms with E-state index in [4.69, 9.17) is 16.3 Å². The first-order valence-electron chi connectivity index (χ1n) is 10.6. The lowest BCUT2D eigenvalue weighted by Crippen LogP contribution is -2.50. The molecule has 1 fully saturated rings. The molecule has 1 saturated heterocycles. The van der Waals surface area contributed by atoms with Crippen LogP contribution >= 0.6 is 11.6 Å². The van der Waals surface area contributed by atoms with Crippen LogP contribution in [0.5, 0.6) is 5.75 Å². The van der Waals surface area contributed by atoms with Crippen molar-refractivity contribution in [2.45, 2.75) is 25.2 Å². The number of methoxy groups -OCH3 is 1. The van der Waals surface area contributed by atoms with Crippen LogP contribution < -0.4 is 9.46 Å². The van der Waals surface area contributed by atoms with Gasteiger partial charge in [0.1, 0.15) is 10.6 Å². The zero-order chi connectivity index (χ0) is 24.2. The fourth-order valence-corrected chi connectivity index (χ4v) is 5.12. The minimum Gasteiger partial charge on any atom is -0.497 e.